The summed E-state index contributed by atoms with van der Waals surface area (Å²) >= 11 is 3.67. The van der Waals surface area contributed by atoms with Crippen LogP contribution in [0.15, 0.2) is 22.7 Å². The molecular formula is C15H21BrN2O. The van der Waals surface area contributed by atoms with Crippen molar-refractivity contribution in [3.8, 4) is 0 Å². The summed E-state index contributed by atoms with van der Waals surface area (Å²) in [5, 5.41) is 0. The van der Waals surface area contributed by atoms with Gasteiger partial charge >= 0.3 is 0 Å². The van der Waals surface area contributed by atoms with Gasteiger partial charge in [0.15, 0.2) is 0 Å². The molecule has 2 fully saturated rings. The molecule has 0 spiro atoms. The summed E-state index contributed by atoms with van der Waals surface area (Å²) in [5.41, 5.74) is 8.45. The van der Waals surface area contributed by atoms with Gasteiger partial charge in [0.1, 0.15) is 0 Å². The number of anilines is 1. The Balaban J connectivity index is 1.76. The largest absolute Gasteiger partial charge is 0.371 e. The van der Waals surface area contributed by atoms with Gasteiger partial charge in [0.25, 0.3) is 0 Å². The molecule has 1 aromatic rings. The van der Waals surface area contributed by atoms with Crippen molar-refractivity contribution in [2.24, 2.45) is 5.73 Å². The molecule has 3 rings (SSSR count). The summed E-state index contributed by atoms with van der Waals surface area (Å²) in [6, 6.07) is 6.83. The molecular weight excluding hydrogens is 304 g/mol. The highest BCUT2D eigenvalue weighted by Gasteiger charge is 2.33. The number of rotatable bonds is 3. The standard InChI is InChI=1S/C15H21BrN2O/c1-10(17)6-11-2-3-12(7-15(11)16)18-8-13-4-5-14(9-18)19-13/h2-3,7,10,13-14H,4-6,8-9,17H2,1H3. The second kappa shape index (κ2) is 5.43. The summed E-state index contributed by atoms with van der Waals surface area (Å²) in [6.07, 6.45) is 4.20. The van der Waals surface area contributed by atoms with Gasteiger partial charge in [0.05, 0.1) is 12.2 Å². The molecule has 2 heterocycles. The molecule has 0 radical (unpaired) electrons. The van der Waals surface area contributed by atoms with E-state index in [0.717, 1.165) is 19.5 Å². The lowest BCUT2D eigenvalue weighted by Crippen LogP contribution is -2.42. The SMILES string of the molecule is CC(N)Cc1ccc(N2CC3CCC(C2)O3)cc1Br. The minimum atomic E-state index is 0.196. The normalized spacial score (nSPS) is 27.6. The first kappa shape index (κ1) is 13.4. The number of nitrogens with two attached hydrogens (primary N) is 1. The Morgan fingerprint density at radius 3 is 2.63 bits per heavy atom. The van der Waals surface area contributed by atoms with Crippen LogP contribution >= 0.6 is 15.9 Å². The fraction of sp³-hybridized carbons (Fsp3) is 0.600. The Kier molecular flexibility index (Phi) is 3.83. The van der Waals surface area contributed by atoms with E-state index in [1.807, 2.05) is 6.92 Å². The molecule has 0 saturated carbocycles. The first-order valence-corrected chi connectivity index (χ1v) is 7.85. The van der Waals surface area contributed by atoms with Crippen molar-refractivity contribution < 1.29 is 4.74 Å². The molecule has 2 saturated heterocycles. The lowest BCUT2D eigenvalue weighted by atomic mass is 10.1. The maximum absolute atomic E-state index is 5.89. The van der Waals surface area contributed by atoms with Gasteiger partial charge < -0.3 is 15.4 Å². The van der Waals surface area contributed by atoms with Gasteiger partial charge in [-0.1, -0.05) is 22.0 Å². The average molecular weight is 325 g/mol. The highest BCUT2D eigenvalue weighted by molar-refractivity contribution is 9.10. The van der Waals surface area contributed by atoms with Crippen LogP contribution in [0.25, 0.3) is 0 Å². The van der Waals surface area contributed by atoms with Crippen molar-refractivity contribution in [2.75, 3.05) is 18.0 Å². The molecule has 104 valence electrons. The van der Waals surface area contributed by atoms with Crippen LogP contribution in [-0.2, 0) is 11.2 Å². The van der Waals surface area contributed by atoms with Crippen LogP contribution in [0.5, 0.6) is 0 Å². The minimum Gasteiger partial charge on any atom is -0.371 e. The third-order valence-corrected chi connectivity index (χ3v) is 4.73. The summed E-state index contributed by atoms with van der Waals surface area (Å²) in [5.74, 6) is 0. The van der Waals surface area contributed by atoms with Crippen molar-refractivity contribution in [3.05, 3.63) is 28.2 Å². The van der Waals surface area contributed by atoms with E-state index in [4.69, 9.17) is 10.5 Å². The molecule has 0 aliphatic carbocycles. The van der Waals surface area contributed by atoms with E-state index in [2.05, 4.69) is 39.0 Å². The number of nitrogens with zero attached hydrogens (tertiary/aromatic N) is 1. The highest BCUT2D eigenvalue weighted by atomic mass is 79.9. The van der Waals surface area contributed by atoms with Crippen molar-refractivity contribution in [1.82, 2.24) is 0 Å². The smallest absolute Gasteiger partial charge is 0.0755 e. The molecule has 2 aliphatic heterocycles. The number of fused-ring (bicyclic) bond motifs is 2. The number of ether oxygens (including phenoxy) is 1. The summed E-state index contributed by atoms with van der Waals surface area (Å²) < 4.78 is 7.05. The molecule has 0 amide bonds. The van der Waals surface area contributed by atoms with Gasteiger partial charge in [-0.15, -0.1) is 0 Å². The Morgan fingerprint density at radius 2 is 2.05 bits per heavy atom. The topological polar surface area (TPSA) is 38.5 Å². The van der Waals surface area contributed by atoms with Gasteiger partial charge in [0, 0.05) is 29.3 Å². The first-order valence-electron chi connectivity index (χ1n) is 7.06. The third kappa shape index (κ3) is 2.96. The molecule has 3 unspecified atom stereocenters. The lowest BCUT2D eigenvalue weighted by Gasteiger charge is -2.34. The minimum absolute atomic E-state index is 0.196. The quantitative estimate of drug-likeness (QED) is 0.929. The van der Waals surface area contributed by atoms with Crippen molar-refractivity contribution in [3.63, 3.8) is 0 Å². The van der Waals surface area contributed by atoms with Gasteiger partial charge in [-0.3, -0.25) is 0 Å². The van der Waals surface area contributed by atoms with E-state index >= 15 is 0 Å². The van der Waals surface area contributed by atoms with Crippen LogP contribution in [0.1, 0.15) is 25.3 Å². The molecule has 3 atom stereocenters. The van der Waals surface area contributed by atoms with E-state index < -0.39 is 0 Å². The molecule has 0 aromatic heterocycles. The second-order valence-corrected chi connectivity index (χ2v) is 6.67. The molecule has 1 aromatic carbocycles. The van der Waals surface area contributed by atoms with Crippen LogP contribution in [0.3, 0.4) is 0 Å². The van der Waals surface area contributed by atoms with Gasteiger partial charge in [0.2, 0.25) is 0 Å². The zero-order chi connectivity index (χ0) is 13.4. The Morgan fingerprint density at radius 1 is 1.37 bits per heavy atom. The van der Waals surface area contributed by atoms with Gasteiger partial charge in [-0.05, 0) is 43.9 Å². The average Bonchev–Trinajstić information content (AvgIpc) is 2.70. The van der Waals surface area contributed by atoms with Crippen LogP contribution in [0.4, 0.5) is 5.69 Å². The van der Waals surface area contributed by atoms with Crippen LogP contribution in [0, 0.1) is 0 Å². The van der Waals surface area contributed by atoms with E-state index in [0.29, 0.717) is 12.2 Å². The number of halogens is 1. The third-order valence-electron chi connectivity index (χ3n) is 3.99. The van der Waals surface area contributed by atoms with Gasteiger partial charge in [-0.2, -0.15) is 0 Å². The summed E-state index contributed by atoms with van der Waals surface area (Å²) in [6.45, 7) is 4.09. The van der Waals surface area contributed by atoms with E-state index in [1.165, 1.54) is 28.6 Å². The monoisotopic (exact) mass is 324 g/mol. The van der Waals surface area contributed by atoms with Crippen molar-refractivity contribution in [2.45, 2.75) is 44.4 Å². The second-order valence-electron chi connectivity index (χ2n) is 5.82. The fourth-order valence-corrected chi connectivity index (χ4v) is 3.60. The number of morpholine rings is 1. The molecule has 2 bridgehead atoms. The maximum Gasteiger partial charge on any atom is 0.0755 e. The Labute approximate surface area is 123 Å². The van der Waals surface area contributed by atoms with Crippen molar-refractivity contribution in [1.29, 1.82) is 0 Å². The fourth-order valence-electron chi connectivity index (χ4n) is 3.07. The van der Waals surface area contributed by atoms with Crippen LogP contribution < -0.4 is 10.6 Å². The number of hydrogen-bond donors (Lipinski definition) is 1. The first-order chi connectivity index (χ1) is 9.11. The maximum atomic E-state index is 5.89. The van der Waals surface area contributed by atoms with E-state index in [-0.39, 0.29) is 6.04 Å². The Hall–Kier alpha value is -0.580. The predicted octanol–water partition coefficient (Wildman–Crippen LogP) is 2.71. The Bertz CT molecular complexity index is 451. The zero-order valence-electron chi connectivity index (χ0n) is 11.3. The van der Waals surface area contributed by atoms with E-state index in [9.17, 15) is 0 Å². The predicted molar refractivity (Wildman–Crippen MR) is 81.6 cm³/mol. The van der Waals surface area contributed by atoms with Crippen molar-refractivity contribution >= 4 is 21.6 Å². The molecule has 19 heavy (non-hydrogen) atoms. The van der Waals surface area contributed by atoms with Crippen LogP contribution in [-0.4, -0.2) is 31.3 Å². The molecule has 2 N–H and O–H groups in total. The summed E-state index contributed by atoms with van der Waals surface area (Å²) in [7, 11) is 0. The zero-order valence-corrected chi connectivity index (χ0v) is 12.9. The molecule has 3 nitrogen and oxygen atoms in total. The number of hydrogen-bond acceptors (Lipinski definition) is 3. The lowest BCUT2D eigenvalue weighted by molar-refractivity contribution is 0.0305. The summed E-state index contributed by atoms with van der Waals surface area (Å²) in [4.78, 5) is 2.45. The van der Waals surface area contributed by atoms with Gasteiger partial charge in [-0.25, -0.2) is 0 Å². The molecule has 4 heteroatoms. The van der Waals surface area contributed by atoms with E-state index in [1.54, 1.807) is 0 Å². The molecule has 2 aliphatic rings. The van der Waals surface area contributed by atoms with Crippen LogP contribution in [0.2, 0.25) is 0 Å². The highest BCUT2D eigenvalue weighted by Crippen LogP contribution is 2.31. The number of benzene rings is 1.